The highest BCUT2D eigenvalue weighted by Crippen LogP contribution is 2.48. The Kier molecular flexibility index (Phi) is 4.35. The second-order valence-corrected chi connectivity index (χ2v) is 5.66. The maximum Gasteiger partial charge on any atom is 0.167 e. The Morgan fingerprint density at radius 2 is 1.52 bits per heavy atom. The van der Waals surface area contributed by atoms with Crippen molar-refractivity contribution in [1.29, 1.82) is 0 Å². The van der Waals surface area contributed by atoms with Gasteiger partial charge >= 0.3 is 0 Å². The molecule has 0 amide bonds. The Morgan fingerprint density at radius 1 is 0.840 bits per heavy atom. The number of rotatable bonds is 4. The van der Waals surface area contributed by atoms with E-state index in [1.165, 1.54) is 12.1 Å². The number of phenols is 4. The van der Waals surface area contributed by atoms with Gasteiger partial charge in [0, 0.05) is 17.4 Å². The number of anilines is 1. The van der Waals surface area contributed by atoms with Crippen LogP contribution in [0.4, 0.5) is 5.69 Å². The summed E-state index contributed by atoms with van der Waals surface area (Å²) in [5.74, 6) is -1.36. The second kappa shape index (κ2) is 6.60. The Hall–Kier alpha value is -3.41. The van der Waals surface area contributed by atoms with Gasteiger partial charge in [-0.15, -0.1) is 0 Å². The van der Waals surface area contributed by atoms with Gasteiger partial charge in [0.25, 0.3) is 0 Å². The topological polar surface area (TPSA) is 106 Å². The number of hydrogen-bond donors (Lipinski definition) is 5. The fourth-order valence-corrected chi connectivity index (χ4v) is 2.67. The highest BCUT2D eigenvalue weighted by atomic mass is 16.3. The van der Waals surface area contributed by atoms with E-state index >= 15 is 0 Å². The predicted octanol–water partition coefficient (Wildman–Crippen LogP) is 3.49. The standard InChI is InChI=1S/C19H18N2O4/c1-11-5-7-14(22)18(24)16(11)17-13(6-8-15(23)19(17)25)21-10-12-4-2-3-9-20-12/h2-9,21-25H,10H2,1H3. The maximum atomic E-state index is 10.4. The lowest BCUT2D eigenvalue weighted by molar-refractivity contribution is 0.400. The predicted molar refractivity (Wildman–Crippen MR) is 94.8 cm³/mol. The van der Waals surface area contributed by atoms with Crippen LogP contribution in [0.3, 0.4) is 0 Å². The first-order valence-electron chi connectivity index (χ1n) is 7.69. The molecular formula is C19H18N2O4. The fraction of sp³-hybridized carbons (Fsp3) is 0.105. The number of phenolic OH excluding ortho intramolecular Hbond substituents is 4. The van der Waals surface area contributed by atoms with Crippen molar-refractivity contribution >= 4 is 5.69 Å². The van der Waals surface area contributed by atoms with E-state index in [0.29, 0.717) is 17.8 Å². The number of aryl methyl sites for hydroxylation is 1. The first-order chi connectivity index (χ1) is 12.0. The van der Waals surface area contributed by atoms with E-state index in [-0.39, 0.29) is 34.1 Å². The van der Waals surface area contributed by atoms with Crippen molar-refractivity contribution < 1.29 is 20.4 Å². The summed E-state index contributed by atoms with van der Waals surface area (Å²) in [6.07, 6.45) is 1.68. The first kappa shape index (κ1) is 16.4. The van der Waals surface area contributed by atoms with Crippen LogP contribution in [0.5, 0.6) is 23.0 Å². The van der Waals surface area contributed by atoms with Gasteiger partial charge in [0.15, 0.2) is 23.0 Å². The van der Waals surface area contributed by atoms with Crippen molar-refractivity contribution in [3.63, 3.8) is 0 Å². The molecule has 6 nitrogen and oxygen atoms in total. The van der Waals surface area contributed by atoms with Crippen LogP contribution in [-0.2, 0) is 6.54 Å². The molecule has 1 aromatic heterocycles. The van der Waals surface area contributed by atoms with Crippen LogP contribution in [0.1, 0.15) is 11.3 Å². The Bertz CT molecular complexity index is 911. The minimum atomic E-state index is -0.380. The van der Waals surface area contributed by atoms with Gasteiger partial charge < -0.3 is 25.7 Å². The SMILES string of the molecule is Cc1ccc(O)c(O)c1-c1c(NCc2ccccn2)ccc(O)c1O. The highest BCUT2D eigenvalue weighted by molar-refractivity contribution is 5.90. The summed E-state index contributed by atoms with van der Waals surface area (Å²) in [6, 6.07) is 11.5. The molecule has 0 saturated carbocycles. The number of pyridine rings is 1. The first-order valence-corrected chi connectivity index (χ1v) is 7.69. The molecule has 1 heterocycles. The van der Waals surface area contributed by atoms with Crippen LogP contribution in [-0.4, -0.2) is 25.4 Å². The molecule has 25 heavy (non-hydrogen) atoms. The lowest BCUT2D eigenvalue weighted by atomic mass is 9.96. The van der Waals surface area contributed by atoms with Gasteiger partial charge in [-0.2, -0.15) is 0 Å². The Balaban J connectivity index is 2.10. The van der Waals surface area contributed by atoms with Crippen LogP contribution in [0.2, 0.25) is 0 Å². The summed E-state index contributed by atoms with van der Waals surface area (Å²) in [5, 5.41) is 43.5. The molecule has 0 fully saturated rings. The molecule has 0 aliphatic heterocycles. The average molecular weight is 338 g/mol. The summed E-state index contributed by atoms with van der Waals surface area (Å²) in [4.78, 5) is 4.22. The van der Waals surface area contributed by atoms with E-state index in [9.17, 15) is 20.4 Å². The summed E-state index contributed by atoms with van der Waals surface area (Å²) in [6.45, 7) is 2.12. The van der Waals surface area contributed by atoms with Crippen molar-refractivity contribution in [1.82, 2.24) is 4.98 Å². The van der Waals surface area contributed by atoms with Gasteiger partial charge in [-0.3, -0.25) is 4.98 Å². The van der Waals surface area contributed by atoms with E-state index < -0.39 is 0 Å². The minimum Gasteiger partial charge on any atom is -0.504 e. The summed E-state index contributed by atoms with van der Waals surface area (Å²) < 4.78 is 0. The second-order valence-electron chi connectivity index (χ2n) is 5.66. The maximum absolute atomic E-state index is 10.4. The van der Waals surface area contributed by atoms with Crippen molar-refractivity contribution in [2.75, 3.05) is 5.32 Å². The molecule has 128 valence electrons. The van der Waals surface area contributed by atoms with Gasteiger partial charge in [-0.25, -0.2) is 0 Å². The van der Waals surface area contributed by atoms with E-state index in [1.54, 1.807) is 25.3 Å². The van der Waals surface area contributed by atoms with Crippen molar-refractivity contribution in [2.45, 2.75) is 13.5 Å². The zero-order valence-corrected chi connectivity index (χ0v) is 13.6. The normalized spacial score (nSPS) is 10.6. The van der Waals surface area contributed by atoms with E-state index in [4.69, 9.17) is 0 Å². The number of hydrogen-bond acceptors (Lipinski definition) is 6. The van der Waals surface area contributed by atoms with E-state index in [0.717, 1.165) is 5.69 Å². The molecule has 5 N–H and O–H groups in total. The number of aromatic hydroxyl groups is 4. The van der Waals surface area contributed by atoms with Gasteiger partial charge in [0.1, 0.15) is 0 Å². The smallest absolute Gasteiger partial charge is 0.167 e. The molecule has 0 aliphatic rings. The monoisotopic (exact) mass is 338 g/mol. The molecule has 0 saturated heterocycles. The lowest BCUT2D eigenvalue weighted by Crippen LogP contribution is -2.03. The van der Waals surface area contributed by atoms with Crippen LogP contribution in [0.25, 0.3) is 11.1 Å². The van der Waals surface area contributed by atoms with Crippen LogP contribution < -0.4 is 5.32 Å². The number of nitrogens with zero attached hydrogens (tertiary/aromatic N) is 1. The molecule has 3 rings (SSSR count). The molecule has 0 unspecified atom stereocenters. The zero-order valence-electron chi connectivity index (χ0n) is 13.6. The Morgan fingerprint density at radius 3 is 2.20 bits per heavy atom. The molecule has 0 aliphatic carbocycles. The van der Waals surface area contributed by atoms with Gasteiger partial charge in [-0.1, -0.05) is 12.1 Å². The van der Waals surface area contributed by atoms with Gasteiger partial charge in [-0.05, 0) is 42.8 Å². The third kappa shape index (κ3) is 3.14. The lowest BCUT2D eigenvalue weighted by Gasteiger charge is -2.17. The molecule has 0 spiro atoms. The minimum absolute atomic E-state index is 0.210. The molecule has 6 heteroatoms. The number of benzene rings is 2. The van der Waals surface area contributed by atoms with E-state index in [1.807, 2.05) is 18.2 Å². The van der Waals surface area contributed by atoms with E-state index in [2.05, 4.69) is 10.3 Å². The van der Waals surface area contributed by atoms with Crippen molar-refractivity contribution in [2.24, 2.45) is 0 Å². The van der Waals surface area contributed by atoms with Crippen molar-refractivity contribution in [3.8, 4) is 34.1 Å². The third-order valence-electron chi connectivity index (χ3n) is 3.96. The third-order valence-corrected chi connectivity index (χ3v) is 3.96. The summed E-state index contributed by atoms with van der Waals surface area (Å²) in [7, 11) is 0. The number of aromatic nitrogens is 1. The fourth-order valence-electron chi connectivity index (χ4n) is 2.67. The van der Waals surface area contributed by atoms with Crippen LogP contribution in [0, 0.1) is 6.92 Å². The molecule has 3 aromatic rings. The summed E-state index contributed by atoms with van der Waals surface area (Å²) >= 11 is 0. The molecular weight excluding hydrogens is 320 g/mol. The molecule has 0 atom stereocenters. The van der Waals surface area contributed by atoms with Gasteiger partial charge in [0.05, 0.1) is 17.8 Å². The highest BCUT2D eigenvalue weighted by Gasteiger charge is 2.21. The molecule has 2 aromatic carbocycles. The zero-order chi connectivity index (χ0) is 18.0. The van der Waals surface area contributed by atoms with Gasteiger partial charge in [0.2, 0.25) is 0 Å². The van der Waals surface area contributed by atoms with Crippen molar-refractivity contribution in [3.05, 3.63) is 59.9 Å². The molecule has 0 radical (unpaired) electrons. The number of nitrogens with one attached hydrogen (secondary N) is 1. The average Bonchev–Trinajstić information content (AvgIpc) is 2.62. The summed E-state index contributed by atoms with van der Waals surface area (Å²) in [5.41, 5.74) is 2.37. The Labute approximate surface area is 144 Å². The van der Waals surface area contributed by atoms with Crippen LogP contribution >= 0.6 is 0 Å². The molecule has 0 bridgehead atoms. The quantitative estimate of drug-likeness (QED) is 0.368. The largest absolute Gasteiger partial charge is 0.504 e. The van der Waals surface area contributed by atoms with Crippen LogP contribution in [0.15, 0.2) is 48.7 Å².